The molecule has 1 amide bonds. The largest absolute Gasteiger partial charge is 0.495 e. The number of nitriles is 1. The molecule has 9 nitrogen and oxygen atoms in total. The van der Waals surface area contributed by atoms with Crippen LogP contribution in [0.25, 0.3) is 0 Å². The maximum Gasteiger partial charge on any atom is 0.234 e. The zero-order valence-electron chi connectivity index (χ0n) is 21.1. The summed E-state index contributed by atoms with van der Waals surface area (Å²) in [6, 6.07) is 14.3. The summed E-state index contributed by atoms with van der Waals surface area (Å²) in [5.74, 6) is -0.269. The Morgan fingerprint density at radius 1 is 1.27 bits per heavy atom. The molecule has 1 aromatic heterocycles. The van der Waals surface area contributed by atoms with Crippen LogP contribution in [-0.4, -0.2) is 34.8 Å². The highest BCUT2D eigenvalue weighted by atomic mass is 35.5. The van der Waals surface area contributed by atoms with Crippen molar-refractivity contribution < 1.29 is 14.3 Å². The molecule has 0 fully saturated rings. The predicted molar refractivity (Wildman–Crippen MR) is 157 cm³/mol. The molecule has 0 radical (unpaired) electrons. The Kier molecular flexibility index (Phi) is 8.32. The van der Waals surface area contributed by atoms with Crippen LogP contribution >= 0.6 is 46.3 Å². The number of carbonyl (C=O) groups excluding carboxylic acids is 2. The Balaban J connectivity index is 1.41. The molecule has 2 heterocycles. The van der Waals surface area contributed by atoms with Crippen molar-refractivity contribution in [3.05, 3.63) is 80.7 Å². The minimum absolute atomic E-state index is 0.0522. The fourth-order valence-corrected chi connectivity index (χ4v) is 6.87. The van der Waals surface area contributed by atoms with Crippen LogP contribution < -0.4 is 20.7 Å². The molecule has 0 saturated heterocycles. The summed E-state index contributed by atoms with van der Waals surface area (Å²) in [6.45, 7) is 0. The molecule has 2 aliphatic rings. The van der Waals surface area contributed by atoms with Crippen molar-refractivity contribution in [3.8, 4) is 11.8 Å². The van der Waals surface area contributed by atoms with Crippen LogP contribution in [0.5, 0.6) is 5.75 Å². The van der Waals surface area contributed by atoms with Gasteiger partial charge in [0.25, 0.3) is 0 Å². The molecule has 0 spiro atoms. The van der Waals surface area contributed by atoms with Crippen molar-refractivity contribution in [2.45, 2.75) is 29.5 Å². The van der Waals surface area contributed by atoms with Crippen LogP contribution in [-0.2, 0) is 9.59 Å². The lowest BCUT2D eigenvalue weighted by molar-refractivity contribution is -0.116. The molecular weight excluding hydrogens is 591 g/mol. The zero-order valence-corrected chi connectivity index (χ0v) is 24.3. The molecular formula is C27H22Cl2N6O3S2. The second-order valence-electron chi connectivity index (χ2n) is 8.87. The van der Waals surface area contributed by atoms with E-state index in [-0.39, 0.29) is 28.8 Å². The van der Waals surface area contributed by atoms with Gasteiger partial charge in [-0.2, -0.15) is 5.26 Å². The van der Waals surface area contributed by atoms with Crippen molar-refractivity contribution in [1.82, 2.24) is 10.2 Å². The van der Waals surface area contributed by atoms with Gasteiger partial charge in [0.15, 0.2) is 10.1 Å². The highest BCUT2D eigenvalue weighted by Gasteiger charge is 2.41. The fraction of sp³-hybridized carbons (Fsp3) is 0.222. The molecule has 40 heavy (non-hydrogen) atoms. The fourth-order valence-electron chi connectivity index (χ4n) is 4.77. The van der Waals surface area contributed by atoms with Crippen LogP contribution in [0.4, 0.5) is 10.8 Å². The number of allylic oxidation sites excluding steroid dienone is 3. The van der Waals surface area contributed by atoms with E-state index in [0.29, 0.717) is 67.0 Å². The third-order valence-electron chi connectivity index (χ3n) is 6.48. The normalized spacial score (nSPS) is 17.0. The van der Waals surface area contributed by atoms with Crippen LogP contribution in [0.3, 0.4) is 0 Å². The number of ketones is 1. The summed E-state index contributed by atoms with van der Waals surface area (Å²) in [5.41, 5.74) is 9.13. The molecule has 13 heteroatoms. The summed E-state index contributed by atoms with van der Waals surface area (Å²) in [7, 11) is 1.51. The zero-order chi connectivity index (χ0) is 28.4. The van der Waals surface area contributed by atoms with E-state index in [2.05, 4.69) is 21.6 Å². The van der Waals surface area contributed by atoms with Gasteiger partial charge in [0, 0.05) is 27.7 Å². The molecule has 1 aliphatic heterocycles. The van der Waals surface area contributed by atoms with E-state index in [4.69, 9.17) is 33.7 Å². The number of nitrogens with zero attached hydrogens (tertiary/aromatic N) is 4. The van der Waals surface area contributed by atoms with Gasteiger partial charge in [0.1, 0.15) is 11.6 Å². The highest BCUT2D eigenvalue weighted by Crippen LogP contribution is 2.48. The molecule has 1 atom stereocenters. The van der Waals surface area contributed by atoms with E-state index in [1.807, 2.05) is 12.1 Å². The molecule has 2 aromatic carbocycles. The van der Waals surface area contributed by atoms with E-state index in [1.54, 1.807) is 35.2 Å². The molecule has 204 valence electrons. The number of rotatable bonds is 7. The number of ether oxygens (including phenoxy) is 1. The van der Waals surface area contributed by atoms with Crippen LogP contribution in [0.2, 0.25) is 10.0 Å². The predicted octanol–water partition coefficient (Wildman–Crippen LogP) is 5.89. The topological polar surface area (TPSA) is 134 Å². The van der Waals surface area contributed by atoms with Crippen molar-refractivity contribution in [2.75, 3.05) is 23.1 Å². The molecule has 3 N–H and O–H groups in total. The number of thioether (sulfide) groups is 1. The smallest absolute Gasteiger partial charge is 0.234 e. The second kappa shape index (κ2) is 11.9. The number of carbonyl (C=O) groups is 2. The molecule has 5 rings (SSSR count). The SMILES string of the molecule is COc1ccc(Cl)cc1NC(=O)CSc1nnc(N2C(N)=C(C#N)C(c3ccccc3Cl)C3=C2CCCC3=O)s1. The number of amides is 1. The minimum atomic E-state index is -0.660. The maximum absolute atomic E-state index is 13.3. The molecule has 0 bridgehead atoms. The van der Waals surface area contributed by atoms with E-state index in [1.165, 1.54) is 30.2 Å². The summed E-state index contributed by atoms with van der Waals surface area (Å²) >= 11 is 15.0. The number of anilines is 2. The first-order valence-electron chi connectivity index (χ1n) is 12.1. The highest BCUT2D eigenvalue weighted by molar-refractivity contribution is 8.01. The van der Waals surface area contributed by atoms with Gasteiger partial charge in [-0.25, -0.2) is 0 Å². The van der Waals surface area contributed by atoms with Crippen molar-refractivity contribution in [3.63, 3.8) is 0 Å². The van der Waals surface area contributed by atoms with E-state index in [9.17, 15) is 14.9 Å². The Bertz CT molecular complexity index is 1610. The minimum Gasteiger partial charge on any atom is -0.495 e. The van der Waals surface area contributed by atoms with Gasteiger partial charge in [-0.15, -0.1) is 10.2 Å². The van der Waals surface area contributed by atoms with Crippen LogP contribution in [0.1, 0.15) is 30.7 Å². The Hall–Kier alpha value is -3.56. The van der Waals surface area contributed by atoms with Crippen LogP contribution in [0, 0.1) is 11.3 Å². The number of Topliss-reactive ketones (excluding diaryl/α,β-unsaturated/α-hetero) is 1. The molecule has 0 saturated carbocycles. The molecule has 1 aliphatic carbocycles. The Morgan fingerprint density at radius 3 is 2.83 bits per heavy atom. The Morgan fingerprint density at radius 2 is 2.08 bits per heavy atom. The van der Waals surface area contributed by atoms with Gasteiger partial charge in [0.05, 0.1) is 36.1 Å². The maximum atomic E-state index is 13.3. The number of benzene rings is 2. The summed E-state index contributed by atoms with van der Waals surface area (Å²) < 4.78 is 5.80. The van der Waals surface area contributed by atoms with Gasteiger partial charge in [0.2, 0.25) is 11.0 Å². The lowest BCUT2D eigenvalue weighted by Gasteiger charge is -2.38. The van der Waals surface area contributed by atoms with Gasteiger partial charge >= 0.3 is 0 Å². The van der Waals surface area contributed by atoms with Gasteiger partial charge < -0.3 is 15.8 Å². The first kappa shape index (κ1) is 28.0. The van der Waals surface area contributed by atoms with Gasteiger partial charge in [-0.1, -0.05) is 64.5 Å². The first-order valence-corrected chi connectivity index (χ1v) is 14.7. The van der Waals surface area contributed by atoms with Crippen molar-refractivity contribution >= 4 is 68.8 Å². The third-order valence-corrected chi connectivity index (χ3v) is 9.10. The van der Waals surface area contributed by atoms with E-state index >= 15 is 0 Å². The monoisotopic (exact) mass is 612 g/mol. The number of hydrogen-bond acceptors (Lipinski definition) is 10. The number of aromatic nitrogens is 2. The van der Waals surface area contributed by atoms with Gasteiger partial charge in [-0.05, 0) is 42.7 Å². The molecule has 3 aromatic rings. The lowest BCUT2D eigenvalue weighted by atomic mass is 9.76. The molecule has 1 unspecified atom stereocenters. The summed E-state index contributed by atoms with van der Waals surface area (Å²) in [4.78, 5) is 27.5. The van der Waals surface area contributed by atoms with Gasteiger partial charge in [-0.3, -0.25) is 14.5 Å². The average molecular weight is 614 g/mol. The number of halogens is 2. The van der Waals surface area contributed by atoms with Crippen molar-refractivity contribution in [1.29, 1.82) is 5.26 Å². The number of hydrogen-bond donors (Lipinski definition) is 2. The number of nitrogens with one attached hydrogen (secondary N) is 1. The first-order chi connectivity index (χ1) is 19.3. The van der Waals surface area contributed by atoms with Crippen molar-refractivity contribution in [2.24, 2.45) is 5.73 Å². The Labute approximate surface area is 248 Å². The summed E-state index contributed by atoms with van der Waals surface area (Å²) in [6.07, 6.45) is 1.59. The number of methoxy groups -OCH3 is 1. The van der Waals surface area contributed by atoms with E-state index in [0.717, 1.165) is 0 Å². The lowest BCUT2D eigenvalue weighted by Crippen LogP contribution is -2.38. The van der Waals surface area contributed by atoms with Crippen LogP contribution in [0.15, 0.2) is 69.5 Å². The summed E-state index contributed by atoms with van der Waals surface area (Å²) in [5, 5.41) is 22.8. The quantitative estimate of drug-likeness (QED) is 0.313. The standard InChI is InChI=1S/C27H22Cl2N6O3S2/c1-38-21-10-9-14(28)11-18(21)32-22(37)13-39-27-34-33-26(40-27)35-19-7-4-8-20(36)24(19)23(16(12-30)25(35)31)15-5-2-3-6-17(15)29/h2-3,5-6,9-11,23H,4,7-8,13,31H2,1H3,(H,32,37). The van der Waals surface area contributed by atoms with E-state index < -0.39 is 5.92 Å². The third kappa shape index (κ3) is 5.40. The second-order valence-corrected chi connectivity index (χ2v) is 11.9. The average Bonchev–Trinajstić information content (AvgIpc) is 3.40. The number of nitrogens with two attached hydrogens (primary N) is 1.